The highest BCUT2D eigenvalue weighted by molar-refractivity contribution is 6.64. The van der Waals surface area contributed by atoms with Crippen molar-refractivity contribution in [2.75, 3.05) is 0 Å². The van der Waals surface area contributed by atoms with E-state index in [0.717, 1.165) is 6.92 Å². The summed E-state index contributed by atoms with van der Waals surface area (Å²) in [5.74, 6) is -1.53. The van der Waals surface area contributed by atoms with Crippen molar-refractivity contribution in [2.45, 2.75) is 12.5 Å². The van der Waals surface area contributed by atoms with Gasteiger partial charge in [0.1, 0.15) is 5.54 Å². The van der Waals surface area contributed by atoms with E-state index in [0.29, 0.717) is 0 Å². The first-order valence-electron chi connectivity index (χ1n) is 2.18. The third-order valence-corrected chi connectivity index (χ3v) is 2.13. The summed E-state index contributed by atoms with van der Waals surface area (Å²) in [7, 11) is -5.86. The largest absolute Gasteiger partial charge is 0.628 e. The molecule has 0 fully saturated rings. The third-order valence-electron chi connectivity index (χ3n) is 0.884. The zero-order valence-electron chi connectivity index (χ0n) is 4.62. The van der Waals surface area contributed by atoms with Crippen LogP contribution in [0.5, 0.6) is 0 Å². The van der Waals surface area contributed by atoms with Crippen LogP contribution in [0, 0.1) is 0 Å². The fraction of sp³-hybridized carbons (Fsp3) is 0.667. The minimum absolute atomic E-state index is 0.724. The summed E-state index contributed by atoms with van der Waals surface area (Å²) in [5.41, 5.74) is 4.10. The maximum Gasteiger partial charge on any atom is 0.628 e. The normalized spacial score (nSPS) is 15.1. The number of carbonyl (C=O) groups excluding carboxylic acids is 1. The maximum atomic E-state index is 11.5. The van der Waals surface area contributed by atoms with E-state index < -0.39 is 20.5 Å². The Morgan fingerprint density at radius 3 is 1.89 bits per heavy atom. The molecule has 0 saturated heterocycles. The van der Waals surface area contributed by atoms with E-state index in [-0.39, 0.29) is 0 Å². The van der Waals surface area contributed by atoms with Crippen molar-refractivity contribution in [3.05, 3.63) is 0 Å². The molecule has 0 bridgehead atoms. The minimum Gasteiger partial charge on any atom is -0.273 e. The van der Waals surface area contributed by atoms with Gasteiger partial charge in [0.25, 0.3) is 0 Å². The molecule has 1 atom stereocenters. The highest BCUT2D eigenvalue weighted by Gasteiger charge is 2.47. The topological polar surface area (TPSA) is 40.9 Å². The monoisotopic (exact) mass is 156 g/mol. The van der Waals surface area contributed by atoms with Gasteiger partial charge in [0.15, 0.2) is 0 Å². The van der Waals surface area contributed by atoms with Crippen LogP contribution in [0.15, 0.2) is 0 Å². The molecule has 9 heavy (non-hydrogen) atoms. The van der Waals surface area contributed by atoms with Gasteiger partial charge in [-0.15, -0.1) is 0 Å². The quantitative estimate of drug-likeness (QED) is 0.435. The molecular formula is C3H5F3NOSi. The van der Waals surface area contributed by atoms with Gasteiger partial charge >= 0.3 is 9.08 Å². The first-order valence-corrected chi connectivity index (χ1v) is 3.89. The summed E-state index contributed by atoms with van der Waals surface area (Å²) in [4.78, 5) is 9.77. The SMILES string of the molecule is CC(C([NH])=O)[Si](F)(F)F. The highest BCUT2D eigenvalue weighted by Crippen LogP contribution is 2.24. The Balaban J connectivity index is 4.04. The Morgan fingerprint density at radius 2 is 1.89 bits per heavy atom. The Morgan fingerprint density at radius 1 is 1.56 bits per heavy atom. The van der Waals surface area contributed by atoms with Crippen LogP contribution in [-0.2, 0) is 4.79 Å². The van der Waals surface area contributed by atoms with Crippen molar-refractivity contribution in [2.24, 2.45) is 0 Å². The van der Waals surface area contributed by atoms with Gasteiger partial charge < -0.3 is 0 Å². The van der Waals surface area contributed by atoms with Gasteiger partial charge in [-0.05, 0) is 6.92 Å². The second-order valence-corrected chi connectivity index (χ2v) is 3.58. The molecule has 0 aliphatic heterocycles. The molecule has 0 rings (SSSR count). The molecule has 1 amide bonds. The van der Waals surface area contributed by atoms with Gasteiger partial charge in [-0.3, -0.25) is 10.5 Å². The Bertz CT molecular complexity index is 123. The number of amides is 1. The predicted octanol–water partition coefficient (Wildman–Crippen LogP) is 1.03. The van der Waals surface area contributed by atoms with E-state index in [9.17, 15) is 17.1 Å². The van der Waals surface area contributed by atoms with Crippen molar-refractivity contribution in [1.82, 2.24) is 5.73 Å². The van der Waals surface area contributed by atoms with Crippen molar-refractivity contribution < 1.29 is 17.1 Å². The minimum atomic E-state index is -5.86. The van der Waals surface area contributed by atoms with E-state index in [1.807, 2.05) is 0 Å². The molecule has 1 unspecified atom stereocenters. The van der Waals surface area contributed by atoms with E-state index in [1.54, 1.807) is 0 Å². The molecule has 53 valence electrons. The molecule has 6 heteroatoms. The van der Waals surface area contributed by atoms with Gasteiger partial charge in [-0.2, -0.15) is 0 Å². The lowest BCUT2D eigenvalue weighted by Crippen LogP contribution is -2.28. The van der Waals surface area contributed by atoms with Crippen LogP contribution in [0.25, 0.3) is 0 Å². The average molecular weight is 156 g/mol. The van der Waals surface area contributed by atoms with Crippen LogP contribution in [-0.4, -0.2) is 15.0 Å². The summed E-state index contributed by atoms with van der Waals surface area (Å²) in [5, 5.41) is 0. The van der Waals surface area contributed by atoms with Gasteiger partial charge in [0, 0.05) is 0 Å². The number of halogens is 3. The van der Waals surface area contributed by atoms with Gasteiger partial charge in [-0.1, -0.05) is 0 Å². The summed E-state index contributed by atoms with van der Waals surface area (Å²) >= 11 is 0. The van der Waals surface area contributed by atoms with Crippen molar-refractivity contribution in [3.63, 3.8) is 0 Å². The molecule has 0 aromatic rings. The zero-order valence-corrected chi connectivity index (χ0v) is 5.62. The smallest absolute Gasteiger partial charge is 0.273 e. The van der Waals surface area contributed by atoms with Gasteiger partial charge in [0.05, 0.1) is 0 Å². The average Bonchev–Trinajstić information content (AvgIpc) is 1.62. The standard InChI is InChI=1S/C3H5F3NOSi/c1-2(3(7)8)9(4,5)6/h2,7H,1H3. The van der Waals surface area contributed by atoms with Crippen LogP contribution in [0.2, 0.25) is 5.54 Å². The van der Waals surface area contributed by atoms with Gasteiger partial charge in [0.2, 0.25) is 5.91 Å². The van der Waals surface area contributed by atoms with E-state index in [2.05, 4.69) is 0 Å². The molecule has 0 aliphatic rings. The lowest BCUT2D eigenvalue weighted by molar-refractivity contribution is -0.118. The van der Waals surface area contributed by atoms with Crippen LogP contribution < -0.4 is 5.73 Å². The van der Waals surface area contributed by atoms with Crippen LogP contribution in [0.1, 0.15) is 6.92 Å². The third kappa shape index (κ3) is 2.50. The Labute approximate surface area is 51.4 Å². The Kier molecular flexibility index (Phi) is 2.24. The molecular weight excluding hydrogens is 151 g/mol. The molecule has 0 aliphatic carbocycles. The molecule has 1 radical (unpaired) electrons. The second kappa shape index (κ2) is 2.38. The summed E-state index contributed by atoms with van der Waals surface area (Å²) < 4.78 is 34.5. The molecule has 0 aromatic carbocycles. The van der Waals surface area contributed by atoms with Crippen molar-refractivity contribution in [3.8, 4) is 0 Å². The number of hydrogen-bond acceptors (Lipinski definition) is 1. The number of nitrogens with one attached hydrogen (secondary N) is 1. The summed E-state index contributed by atoms with van der Waals surface area (Å²) in [6.45, 7) is 0.724. The fourth-order valence-corrected chi connectivity index (χ4v) is 0.446. The van der Waals surface area contributed by atoms with Crippen LogP contribution in [0.4, 0.5) is 12.3 Å². The lowest BCUT2D eigenvalue weighted by atomic mass is 10.5. The van der Waals surface area contributed by atoms with E-state index in [1.165, 1.54) is 0 Å². The molecule has 1 N–H and O–H groups in total. The number of hydrogen-bond donors (Lipinski definition) is 0. The Hall–Kier alpha value is -0.523. The summed E-state index contributed by atoms with van der Waals surface area (Å²) in [6, 6.07) is 0. The molecule has 0 saturated carbocycles. The predicted molar refractivity (Wildman–Crippen MR) is 26.6 cm³/mol. The van der Waals surface area contributed by atoms with Crippen LogP contribution >= 0.6 is 0 Å². The first-order chi connectivity index (χ1) is 3.85. The van der Waals surface area contributed by atoms with Crippen molar-refractivity contribution >= 4 is 15.0 Å². The summed E-state index contributed by atoms with van der Waals surface area (Å²) in [6.07, 6.45) is 0. The molecule has 2 nitrogen and oxygen atoms in total. The fourth-order valence-electron chi connectivity index (χ4n) is 0.149. The number of rotatable bonds is 2. The zero-order chi connectivity index (χ0) is 7.65. The lowest BCUT2D eigenvalue weighted by Gasteiger charge is -2.05. The highest BCUT2D eigenvalue weighted by atomic mass is 28.5. The second-order valence-electron chi connectivity index (χ2n) is 1.63. The molecule has 0 spiro atoms. The maximum absolute atomic E-state index is 11.5. The first kappa shape index (κ1) is 8.48. The van der Waals surface area contributed by atoms with Crippen molar-refractivity contribution in [1.29, 1.82) is 0 Å². The van der Waals surface area contributed by atoms with Gasteiger partial charge in [-0.25, -0.2) is 12.3 Å². The van der Waals surface area contributed by atoms with E-state index in [4.69, 9.17) is 5.73 Å². The molecule has 0 heterocycles. The van der Waals surface area contributed by atoms with E-state index >= 15 is 0 Å². The molecule has 0 aromatic heterocycles. The van der Waals surface area contributed by atoms with Crippen LogP contribution in [0.3, 0.4) is 0 Å². The number of carbonyl (C=O) groups is 1.